The van der Waals surface area contributed by atoms with Gasteiger partial charge in [-0.15, -0.1) is 0 Å². The second-order valence-corrected chi connectivity index (χ2v) is 6.34. The van der Waals surface area contributed by atoms with Crippen LogP contribution in [-0.4, -0.2) is 30.6 Å². The van der Waals surface area contributed by atoms with Gasteiger partial charge >= 0.3 is 0 Å². The lowest BCUT2D eigenvalue weighted by molar-refractivity contribution is -0.131. The van der Waals surface area contributed by atoms with Crippen LogP contribution in [0.15, 0.2) is 42.5 Å². The Labute approximate surface area is 142 Å². The second-order valence-electron chi connectivity index (χ2n) is 6.34. The highest BCUT2D eigenvalue weighted by Gasteiger charge is 2.21. The summed E-state index contributed by atoms with van der Waals surface area (Å²) in [6.45, 7) is 2.84. The number of rotatable bonds is 2. The minimum atomic E-state index is 0.166. The Morgan fingerprint density at radius 3 is 2.67 bits per heavy atom. The third kappa shape index (κ3) is 3.09. The molecule has 4 heteroatoms. The second kappa shape index (κ2) is 6.56. The first kappa shape index (κ1) is 15.1. The monoisotopic (exact) mass is 323 g/mol. The molecular formula is C20H21NO3. The van der Waals surface area contributed by atoms with E-state index < -0.39 is 0 Å². The molecule has 0 unspecified atom stereocenters. The lowest BCUT2D eigenvalue weighted by Crippen LogP contribution is -2.36. The molecule has 0 spiro atoms. The van der Waals surface area contributed by atoms with E-state index in [1.165, 1.54) is 11.1 Å². The Morgan fingerprint density at radius 2 is 1.79 bits per heavy atom. The molecule has 24 heavy (non-hydrogen) atoms. The number of ether oxygens (including phenoxy) is 2. The summed E-state index contributed by atoms with van der Waals surface area (Å²) >= 11 is 0. The zero-order valence-electron chi connectivity index (χ0n) is 13.7. The first-order valence-corrected chi connectivity index (χ1v) is 8.53. The predicted molar refractivity (Wildman–Crippen MR) is 91.3 cm³/mol. The van der Waals surface area contributed by atoms with Gasteiger partial charge < -0.3 is 14.4 Å². The summed E-state index contributed by atoms with van der Waals surface area (Å²) in [4.78, 5) is 14.6. The molecule has 2 aromatic rings. The molecule has 0 fully saturated rings. The Balaban J connectivity index is 1.46. The number of nitrogens with zero attached hydrogens (tertiary/aromatic N) is 1. The van der Waals surface area contributed by atoms with Crippen molar-refractivity contribution in [2.24, 2.45) is 0 Å². The van der Waals surface area contributed by atoms with Crippen LogP contribution in [-0.2, 0) is 24.2 Å². The van der Waals surface area contributed by atoms with Gasteiger partial charge in [-0.05, 0) is 35.2 Å². The van der Waals surface area contributed by atoms with Gasteiger partial charge in [-0.2, -0.15) is 0 Å². The topological polar surface area (TPSA) is 38.8 Å². The van der Waals surface area contributed by atoms with Crippen LogP contribution in [0.2, 0.25) is 0 Å². The molecule has 2 aromatic carbocycles. The first-order valence-electron chi connectivity index (χ1n) is 8.53. The fourth-order valence-corrected chi connectivity index (χ4v) is 3.31. The average Bonchev–Trinajstić information content (AvgIpc) is 2.86. The Hall–Kier alpha value is -2.49. The first-order chi connectivity index (χ1) is 11.8. The van der Waals surface area contributed by atoms with Gasteiger partial charge in [0.2, 0.25) is 5.91 Å². The van der Waals surface area contributed by atoms with Crippen LogP contribution < -0.4 is 9.47 Å². The summed E-state index contributed by atoms with van der Waals surface area (Å²) < 4.78 is 11.4. The van der Waals surface area contributed by atoms with E-state index in [9.17, 15) is 4.79 Å². The van der Waals surface area contributed by atoms with E-state index in [1.54, 1.807) is 0 Å². The van der Waals surface area contributed by atoms with Crippen molar-refractivity contribution >= 4 is 5.91 Å². The molecule has 0 saturated carbocycles. The predicted octanol–water partition coefficient (Wildman–Crippen LogP) is 2.98. The summed E-state index contributed by atoms with van der Waals surface area (Å²) in [6.07, 6.45) is 2.22. The number of amides is 1. The van der Waals surface area contributed by atoms with E-state index in [-0.39, 0.29) is 5.91 Å². The van der Waals surface area contributed by atoms with Crippen molar-refractivity contribution in [2.75, 3.05) is 19.8 Å². The zero-order valence-corrected chi connectivity index (χ0v) is 13.7. The van der Waals surface area contributed by atoms with Gasteiger partial charge in [0.1, 0.15) is 0 Å². The van der Waals surface area contributed by atoms with E-state index in [0.717, 1.165) is 36.4 Å². The van der Waals surface area contributed by atoms with Crippen molar-refractivity contribution in [1.82, 2.24) is 4.90 Å². The summed E-state index contributed by atoms with van der Waals surface area (Å²) in [6, 6.07) is 14.2. The maximum atomic E-state index is 12.7. The summed E-state index contributed by atoms with van der Waals surface area (Å²) in [5, 5.41) is 0. The molecule has 2 aliphatic heterocycles. The smallest absolute Gasteiger partial charge is 0.227 e. The molecule has 0 aromatic heterocycles. The average molecular weight is 323 g/mol. The maximum absolute atomic E-state index is 12.7. The van der Waals surface area contributed by atoms with Gasteiger partial charge in [0.25, 0.3) is 0 Å². The van der Waals surface area contributed by atoms with Crippen molar-refractivity contribution in [2.45, 2.75) is 25.8 Å². The highest BCUT2D eigenvalue weighted by molar-refractivity contribution is 5.79. The van der Waals surface area contributed by atoms with Crippen molar-refractivity contribution in [1.29, 1.82) is 0 Å². The van der Waals surface area contributed by atoms with Crippen LogP contribution >= 0.6 is 0 Å². The molecule has 0 saturated heterocycles. The third-order valence-corrected chi connectivity index (χ3v) is 4.65. The van der Waals surface area contributed by atoms with Crippen molar-refractivity contribution in [3.05, 3.63) is 59.2 Å². The number of benzene rings is 2. The number of hydrogen-bond acceptors (Lipinski definition) is 3. The van der Waals surface area contributed by atoms with E-state index in [0.29, 0.717) is 26.2 Å². The van der Waals surface area contributed by atoms with Crippen LogP contribution in [0.1, 0.15) is 23.1 Å². The molecular weight excluding hydrogens is 302 g/mol. The molecule has 4 nitrogen and oxygen atoms in total. The van der Waals surface area contributed by atoms with E-state index in [1.807, 2.05) is 29.2 Å². The van der Waals surface area contributed by atoms with Crippen molar-refractivity contribution in [3.8, 4) is 11.5 Å². The minimum absolute atomic E-state index is 0.166. The van der Waals surface area contributed by atoms with Crippen LogP contribution in [0.4, 0.5) is 0 Å². The number of hydrogen-bond donors (Lipinski definition) is 0. The Bertz CT molecular complexity index is 756. The molecule has 4 rings (SSSR count). The SMILES string of the molecule is O=C(Cc1ccc2c(c1)OCCCO2)N1CCc2ccccc2C1. The van der Waals surface area contributed by atoms with Crippen LogP contribution in [0, 0.1) is 0 Å². The molecule has 0 bridgehead atoms. The van der Waals surface area contributed by atoms with Gasteiger partial charge in [0.15, 0.2) is 11.5 Å². The largest absolute Gasteiger partial charge is 0.490 e. The molecule has 2 aliphatic rings. The summed E-state index contributed by atoms with van der Waals surface area (Å²) in [5.41, 5.74) is 3.59. The normalized spacial score (nSPS) is 16.2. The lowest BCUT2D eigenvalue weighted by Gasteiger charge is -2.29. The van der Waals surface area contributed by atoms with Crippen molar-refractivity contribution < 1.29 is 14.3 Å². The molecule has 0 N–H and O–H groups in total. The highest BCUT2D eigenvalue weighted by atomic mass is 16.5. The van der Waals surface area contributed by atoms with Gasteiger partial charge in [0, 0.05) is 19.5 Å². The van der Waals surface area contributed by atoms with Crippen LogP contribution in [0.3, 0.4) is 0 Å². The molecule has 0 aliphatic carbocycles. The molecule has 1 amide bonds. The number of fused-ring (bicyclic) bond motifs is 2. The van der Waals surface area contributed by atoms with E-state index in [2.05, 4.69) is 18.2 Å². The van der Waals surface area contributed by atoms with Crippen molar-refractivity contribution in [3.63, 3.8) is 0 Å². The minimum Gasteiger partial charge on any atom is -0.490 e. The zero-order chi connectivity index (χ0) is 16.4. The third-order valence-electron chi connectivity index (χ3n) is 4.65. The Kier molecular flexibility index (Phi) is 4.11. The Morgan fingerprint density at radius 1 is 1.00 bits per heavy atom. The van der Waals surface area contributed by atoms with Crippen LogP contribution in [0.5, 0.6) is 11.5 Å². The summed E-state index contributed by atoms with van der Waals surface area (Å²) in [5.74, 6) is 1.69. The fourth-order valence-electron chi connectivity index (χ4n) is 3.31. The van der Waals surface area contributed by atoms with E-state index >= 15 is 0 Å². The fraction of sp³-hybridized carbons (Fsp3) is 0.350. The number of carbonyl (C=O) groups excluding carboxylic acids is 1. The molecule has 0 atom stereocenters. The highest BCUT2D eigenvalue weighted by Crippen LogP contribution is 2.31. The maximum Gasteiger partial charge on any atom is 0.227 e. The molecule has 124 valence electrons. The molecule has 2 heterocycles. The quantitative estimate of drug-likeness (QED) is 0.853. The van der Waals surface area contributed by atoms with Gasteiger partial charge in [-0.1, -0.05) is 30.3 Å². The lowest BCUT2D eigenvalue weighted by atomic mass is 9.99. The van der Waals surface area contributed by atoms with Gasteiger partial charge in [-0.3, -0.25) is 4.79 Å². The summed E-state index contributed by atoms with van der Waals surface area (Å²) in [7, 11) is 0. The molecule has 0 radical (unpaired) electrons. The van der Waals surface area contributed by atoms with Crippen LogP contribution in [0.25, 0.3) is 0 Å². The van der Waals surface area contributed by atoms with Gasteiger partial charge in [-0.25, -0.2) is 0 Å². The van der Waals surface area contributed by atoms with Gasteiger partial charge in [0.05, 0.1) is 19.6 Å². The van der Waals surface area contributed by atoms with E-state index in [4.69, 9.17) is 9.47 Å². The number of carbonyl (C=O) groups is 1. The standard InChI is InChI=1S/C20H21NO3/c22-20(21-9-8-16-4-1-2-5-17(16)14-21)13-15-6-7-18-19(12-15)24-11-3-10-23-18/h1-2,4-7,12H,3,8-11,13-14H2.